The molecule has 0 spiro atoms. The average Bonchev–Trinajstić information content (AvgIpc) is 3.31. The number of hydrogen-bond donors (Lipinski definition) is 1. The Balaban J connectivity index is 1.60. The molecular weight excluding hydrogens is 564 g/mol. The number of amides is 1. The molecule has 43 heavy (non-hydrogen) atoms. The zero-order chi connectivity index (χ0) is 30.9. The van der Waals surface area contributed by atoms with Crippen molar-refractivity contribution >= 4 is 26.8 Å². The average molecular weight is 601 g/mol. The maximum Gasteiger partial charge on any atom is 0.271 e. The molecule has 3 atom stereocenters. The first-order valence-electron chi connectivity index (χ1n) is 14.2. The molecule has 1 aromatic heterocycles. The maximum atomic E-state index is 14.5. The molecule has 5 rings (SSSR count). The topological polar surface area (TPSA) is 116 Å². The number of para-hydroxylation sites is 1. The zero-order valence-electron chi connectivity index (χ0n) is 24.8. The van der Waals surface area contributed by atoms with E-state index in [9.17, 15) is 23.6 Å². The molecule has 224 valence electrons. The van der Waals surface area contributed by atoms with E-state index in [2.05, 4.69) is 0 Å². The minimum Gasteiger partial charge on any atom is -0.394 e. The van der Waals surface area contributed by atoms with Gasteiger partial charge in [0.05, 0.1) is 41.9 Å². The van der Waals surface area contributed by atoms with Gasteiger partial charge in [-0.25, -0.2) is 8.42 Å². The van der Waals surface area contributed by atoms with E-state index in [1.165, 1.54) is 23.5 Å². The quantitative estimate of drug-likeness (QED) is 0.351. The number of benzene rings is 3. The molecule has 2 heterocycles. The highest BCUT2D eigenvalue weighted by Gasteiger charge is 2.35. The number of likely N-dealkylation sites (N-methyl/N-ethyl adjacent to an activating group) is 1. The first kappa shape index (κ1) is 30.4. The number of aryl methyl sites for hydroxylation is 1. The van der Waals surface area contributed by atoms with Crippen molar-refractivity contribution < 1.29 is 23.1 Å². The molecule has 10 heteroatoms. The number of nitrogens with zero attached hydrogens (tertiary/aromatic N) is 4. The van der Waals surface area contributed by atoms with Crippen LogP contribution < -0.4 is 0 Å². The molecule has 1 amide bonds. The summed E-state index contributed by atoms with van der Waals surface area (Å²) in [5.41, 5.74) is 4.24. The van der Waals surface area contributed by atoms with Gasteiger partial charge in [-0.05, 0) is 42.3 Å². The molecule has 0 saturated heterocycles. The van der Waals surface area contributed by atoms with Crippen LogP contribution >= 0.6 is 0 Å². The Kier molecular flexibility index (Phi) is 8.71. The predicted octanol–water partition coefficient (Wildman–Crippen LogP) is 4.40. The number of sulfonamides is 1. The predicted molar refractivity (Wildman–Crippen MR) is 165 cm³/mol. The van der Waals surface area contributed by atoms with Crippen molar-refractivity contribution in [2.45, 2.75) is 37.5 Å². The van der Waals surface area contributed by atoms with Crippen LogP contribution in [-0.2, 0) is 28.4 Å². The van der Waals surface area contributed by atoms with E-state index in [0.717, 1.165) is 27.6 Å². The monoisotopic (exact) mass is 600 g/mol. The van der Waals surface area contributed by atoms with Crippen LogP contribution in [0, 0.1) is 17.2 Å². The molecule has 0 unspecified atom stereocenters. The van der Waals surface area contributed by atoms with E-state index in [4.69, 9.17) is 4.74 Å². The summed E-state index contributed by atoms with van der Waals surface area (Å²) < 4.78 is 36.7. The van der Waals surface area contributed by atoms with E-state index in [0.29, 0.717) is 5.69 Å². The smallest absolute Gasteiger partial charge is 0.271 e. The lowest BCUT2D eigenvalue weighted by atomic mass is 9.96. The van der Waals surface area contributed by atoms with Gasteiger partial charge in [0.1, 0.15) is 5.69 Å². The summed E-state index contributed by atoms with van der Waals surface area (Å²) in [6.07, 6.45) is -0.592. The Morgan fingerprint density at radius 2 is 1.84 bits per heavy atom. The number of fused-ring (bicyclic) bond motifs is 5. The van der Waals surface area contributed by atoms with Crippen molar-refractivity contribution in [3.8, 4) is 17.2 Å². The van der Waals surface area contributed by atoms with E-state index in [1.807, 2.05) is 73.1 Å². The Bertz CT molecular complexity index is 1810. The first-order chi connectivity index (χ1) is 20.6. The fourth-order valence-electron chi connectivity index (χ4n) is 5.78. The number of nitriles is 1. The number of carbonyl (C=O) groups is 1. The lowest BCUT2D eigenvalue weighted by molar-refractivity contribution is -0.0147. The fraction of sp³-hybridized carbons (Fsp3) is 0.333. The minimum absolute atomic E-state index is 0.0217. The number of ether oxygens (including phenoxy) is 1. The van der Waals surface area contributed by atoms with Gasteiger partial charge in [-0.2, -0.15) is 9.57 Å². The van der Waals surface area contributed by atoms with E-state index < -0.39 is 22.2 Å². The molecule has 0 saturated carbocycles. The molecule has 0 fully saturated rings. The Labute approximate surface area is 252 Å². The van der Waals surface area contributed by atoms with Crippen LogP contribution in [0.1, 0.15) is 35.5 Å². The summed E-state index contributed by atoms with van der Waals surface area (Å²) in [7, 11) is -0.558. The SMILES string of the molecule is C[C@H]1CN([C@@H](C)CO)C(=O)c2c(c3ccccc3n2C)-c2ccccc2CO[C@H]1CN(C)S(=O)(=O)c1cccc(C#N)c1. The van der Waals surface area contributed by atoms with Gasteiger partial charge < -0.3 is 19.3 Å². The maximum absolute atomic E-state index is 14.5. The van der Waals surface area contributed by atoms with Crippen LogP contribution in [0.4, 0.5) is 0 Å². The standard InChI is InChI=1S/C33H36N4O5S/c1-22-18-37(23(2)20-38)33(39)32-31(28-14-7-8-15-29(28)36(32)4)27-13-6-5-11-25(27)21-42-30(22)19-35(3)43(40,41)26-12-9-10-24(16-26)17-34/h5-16,22-23,30,38H,18-21H2,1-4H3/t22-,23-,30-/m0/s1. The van der Waals surface area contributed by atoms with Crippen molar-refractivity contribution in [3.63, 3.8) is 0 Å². The second-order valence-electron chi connectivity index (χ2n) is 11.2. The van der Waals surface area contributed by atoms with Crippen molar-refractivity contribution in [1.82, 2.24) is 13.8 Å². The van der Waals surface area contributed by atoms with Gasteiger partial charge in [-0.3, -0.25) is 4.79 Å². The zero-order valence-corrected chi connectivity index (χ0v) is 25.6. The fourth-order valence-corrected chi connectivity index (χ4v) is 7.01. The van der Waals surface area contributed by atoms with Gasteiger partial charge in [0.2, 0.25) is 10.0 Å². The largest absolute Gasteiger partial charge is 0.394 e. The van der Waals surface area contributed by atoms with Crippen molar-refractivity contribution in [1.29, 1.82) is 5.26 Å². The molecular formula is C33H36N4O5S. The summed E-state index contributed by atoms with van der Waals surface area (Å²) in [6, 6.07) is 23.1. The Hall–Kier alpha value is -4.01. The molecule has 1 aliphatic rings. The lowest BCUT2D eigenvalue weighted by Gasteiger charge is -2.35. The number of aliphatic hydroxyl groups excluding tert-OH is 1. The summed E-state index contributed by atoms with van der Waals surface area (Å²) in [6.45, 7) is 3.96. The first-order valence-corrected chi connectivity index (χ1v) is 15.7. The van der Waals surface area contributed by atoms with Crippen LogP contribution in [0.25, 0.3) is 22.0 Å². The third-order valence-corrected chi connectivity index (χ3v) is 10.2. The highest BCUT2D eigenvalue weighted by atomic mass is 32.2. The second kappa shape index (κ2) is 12.3. The molecule has 0 aliphatic carbocycles. The van der Waals surface area contributed by atoms with Crippen LogP contribution in [0.5, 0.6) is 0 Å². The van der Waals surface area contributed by atoms with Crippen molar-refractivity contribution in [3.05, 3.63) is 89.6 Å². The van der Waals surface area contributed by atoms with Crippen molar-refractivity contribution in [2.75, 3.05) is 26.7 Å². The van der Waals surface area contributed by atoms with Gasteiger partial charge in [0.25, 0.3) is 5.91 Å². The van der Waals surface area contributed by atoms with Crippen LogP contribution in [0.15, 0.2) is 77.7 Å². The highest BCUT2D eigenvalue weighted by molar-refractivity contribution is 7.89. The number of rotatable bonds is 6. The second-order valence-corrected chi connectivity index (χ2v) is 13.2. The number of carbonyl (C=O) groups excluding carboxylic acids is 1. The summed E-state index contributed by atoms with van der Waals surface area (Å²) in [5, 5.41) is 20.4. The van der Waals surface area contributed by atoms with Gasteiger partial charge in [-0.15, -0.1) is 0 Å². The molecule has 9 nitrogen and oxygen atoms in total. The van der Waals surface area contributed by atoms with Crippen LogP contribution in [0.2, 0.25) is 0 Å². The summed E-state index contributed by atoms with van der Waals surface area (Å²) >= 11 is 0. The van der Waals surface area contributed by atoms with Crippen molar-refractivity contribution in [2.24, 2.45) is 13.0 Å². The van der Waals surface area contributed by atoms with E-state index in [1.54, 1.807) is 24.0 Å². The van der Waals surface area contributed by atoms with Crippen LogP contribution in [0.3, 0.4) is 0 Å². The summed E-state index contributed by atoms with van der Waals surface area (Å²) in [4.78, 5) is 16.2. The molecule has 0 radical (unpaired) electrons. The third-order valence-electron chi connectivity index (χ3n) is 8.33. The highest BCUT2D eigenvalue weighted by Crippen LogP contribution is 2.38. The van der Waals surface area contributed by atoms with Gasteiger partial charge >= 0.3 is 0 Å². The van der Waals surface area contributed by atoms with E-state index in [-0.39, 0.29) is 48.6 Å². The van der Waals surface area contributed by atoms with Gasteiger partial charge in [0, 0.05) is 49.6 Å². The number of aromatic nitrogens is 1. The molecule has 0 bridgehead atoms. The van der Waals surface area contributed by atoms with Gasteiger partial charge in [0.15, 0.2) is 0 Å². The van der Waals surface area contributed by atoms with Crippen LogP contribution in [-0.4, -0.2) is 72.1 Å². The molecule has 1 N–H and O–H groups in total. The van der Waals surface area contributed by atoms with E-state index >= 15 is 0 Å². The molecule has 3 aromatic carbocycles. The molecule has 1 aliphatic heterocycles. The number of hydrogen-bond acceptors (Lipinski definition) is 6. The lowest BCUT2D eigenvalue weighted by Crippen LogP contribution is -2.48. The van der Waals surface area contributed by atoms with Gasteiger partial charge in [-0.1, -0.05) is 55.5 Å². The number of aliphatic hydroxyl groups is 1. The Morgan fingerprint density at radius 3 is 2.58 bits per heavy atom. The minimum atomic E-state index is -3.93. The molecule has 4 aromatic rings. The third kappa shape index (κ3) is 5.69. The normalized spacial score (nSPS) is 18.5. The summed E-state index contributed by atoms with van der Waals surface area (Å²) in [5.74, 6) is -0.517. The Morgan fingerprint density at radius 1 is 1.12 bits per heavy atom.